The second-order valence-corrected chi connectivity index (χ2v) is 5.90. The molecule has 154 valence electrons. The van der Waals surface area contributed by atoms with Gasteiger partial charge in [-0.3, -0.25) is 4.79 Å². The first-order chi connectivity index (χ1) is 17.1. The number of fused-ring (bicyclic) bond motifs is 1. The second kappa shape index (κ2) is 8.02. The molecule has 0 atom stereocenters. The van der Waals surface area contributed by atoms with Crippen LogP contribution < -0.4 is 9.47 Å². The van der Waals surface area contributed by atoms with E-state index in [2.05, 4.69) is 14.7 Å². The molecule has 0 unspecified atom stereocenters. The average Bonchev–Trinajstić information content (AvgIpc) is 2.86. The van der Waals surface area contributed by atoms with Crippen LogP contribution in [-0.4, -0.2) is 40.2 Å². The van der Waals surface area contributed by atoms with E-state index in [1.807, 2.05) is 0 Å². The first-order valence-electron chi connectivity index (χ1n) is 11.9. The monoisotopic (exact) mass is 422 g/mol. The van der Waals surface area contributed by atoms with Gasteiger partial charge < -0.3 is 14.4 Å². The van der Waals surface area contributed by atoms with E-state index in [4.69, 9.17) is 14.3 Å². The van der Waals surface area contributed by atoms with Crippen LogP contribution in [0.3, 0.4) is 0 Å². The van der Waals surface area contributed by atoms with E-state index in [1.165, 1.54) is 18.5 Å². The smallest absolute Gasteiger partial charge is 0.491 e. The van der Waals surface area contributed by atoms with Crippen molar-refractivity contribution in [2.24, 2.45) is 0 Å². The third-order valence-corrected chi connectivity index (χ3v) is 3.87. The lowest BCUT2D eigenvalue weighted by atomic mass is 10.0. The van der Waals surface area contributed by atoms with E-state index in [0.717, 1.165) is 24.3 Å². The van der Waals surface area contributed by atoms with Gasteiger partial charge in [0.25, 0.3) is 5.91 Å². The van der Waals surface area contributed by atoms with Crippen LogP contribution in [-0.2, 0) is 6.54 Å². The molecule has 0 saturated carbocycles. The number of alkyl halides is 3. The SMILES string of the molecule is [2H]c1c([2H])c(-c2ccc(OC(F)(F)F)cc2)c([2H])c2c1OC([2H])([2H])C([2H])([2H])N(Cc1ncccn1)C2=O. The number of ether oxygens (including phenoxy) is 2. The van der Waals surface area contributed by atoms with Crippen molar-refractivity contribution in [3.8, 4) is 22.6 Å². The molecule has 0 N–H and O–H groups in total. The van der Waals surface area contributed by atoms with Crippen molar-refractivity contribution in [3.63, 3.8) is 0 Å². The Morgan fingerprint density at radius 2 is 1.90 bits per heavy atom. The summed E-state index contributed by atoms with van der Waals surface area (Å²) >= 11 is 0. The summed E-state index contributed by atoms with van der Waals surface area (Å²) < 4.78 is 105. The van der Waals surface area contributed by atoms with Crippen molar-refractivity contribution in [2.45, 2.75) is 12.9 Å². The van der Waals surface area contributed by atoms with Crippen molar-refractivity contribution >= 4 is 5.91 Å². The predicted molar refractivity (Wildman–Crippen MR) is 101 cm³/mol. The third kappa shape index (κ3) is 4.51. The molecule has 1 aliphatic rings. The fraction of sp³-hybridized carbons (Fsp3) is 0.190. The fourth-order valence-corrected chi connectivity index (χ4v) is 2.57. The van der Waals surface area contributed by atoms with Gasteiger partial charge in [-0.25, -0.2) is 9.97 Å². The van der Waals surface area contributed by atoms with E-state index in [-0.39, 0.29) is 17.0 Å². The molecule has 0 spiro atoms. The molecule has 9 heteroatoms. The molecule has 4 rings (SSSR count). The van der Waals surface area contributed by atoms with E-state index in [0.29, 0.717) is 4.90 Å². The minimum absolute atomic E-state index is 0.0122. The molecule has 2 aromatic carbocycles. The number of hydrogen-bond donors (Lipinski definition) is 0. The van der Waals surface area contributed by atoms with Gasteiger partial charge >= 0.3 is 6.36 Å². The standard InChI is InChI=1S/C21H16F3N3O3/c22-21(23,24)30-16-5-2-14(3-6-16)15-4-7-18-17(12-15)20(28)27(10-11-29-18)13-19-25-8-1-9-26-19/h1-9,12H,10-11,13H2/i4D,7D,10D2,11D2,12D. The van der Waals surface area contributed by atoms with Crippen LogP contribution in [0.25, 0.3) is 11.1 Å². The average molecular weight is 422 g/mol. The van der Waals surface area contributed by atoms with Crippen LogP contribution in [0, 0.1) is 0 Å². The Morgan fingerprint density at radius 3 is 2.60 bits per heavy atom. The lowest BCUT2D eigenvalue weighted by Gasteiger charge is -2.19. The molecule has 30 heavy (non-hydrogen) atoms. The summed E-state index contributed by atoms with van der Waals surface area (Å²) in [4.78, 5) is 21.9. The van der Waals surface area contributed by atoms with Crippen molar-refractivity contribution in [3.05, 3.63) is 72.2 Å². The molecule has 1 aliphatic heterocycles. The van der Waals surface area contributed by atoms with Gasteiger partial charge in [0.1, 0.15) is 23.9 Å². The highest BCUT2D eigenvalue weighted by Crippen LogP contribution is 2.31. The maximum Gasteiger partial charge on any atom is 0.573 e. The molecule has 0 saturated heterocycles. The zero-order valence-electron chi connectivity index (χ0n) is 21.9. The van der Waals surface area contributed by atoms with Gasteiger partial charge in [-0.2, -0.15) is 0 Å². The van der Waals surface area contributed by atoms with Gasteiger partial charge in [0, 0.05) is 12.4 Å². The van der Waals surface area contributed by atoms with Gasteiger partial charge in [-0.15, -0.1) is 13.2 Å². The highest BCUT2D eigenvalue weighted by atomic mass is 19.4. The minimum atomic E-state index is -4.95. The van der Waals surface area contributed by atoms with E-state index >= 15 is 0 Å². The molecule has 0 aliphatic carbocycles. The lowest BCUT2D eigenvalue weighted by Crippen LogP contribution is -2.32. The molecule has 0 fully saturated rings. The first kappa shape index (κ1) is 12.8. The summed E-state index contributed by atoms with van der Waals surface area (Å²) in [7, 11) is 0. The number of hydrogen-bond acceptors (Lipinski definition) is 5. The topological polar surface area (TPSA) is 64.6 Å². The first-order valence-corrected chi connectivity index (χ1v) is 8.41. The maximum atomic E-state index is 13.6. The molecule has 2 heterocycles. The maximum absolute atomic E-state index is 13.6. The van der Waals surface area contributed by atoms with Gasteiger partial charge in [-0.1, -0.05) is 18.2 Å². The molecular weight excluding hydrogens is 399 g/mol. The molecule has 6 nitrogen and oxygen atoms in total. The molecule has 0 radical (unpaired) electrons. The van der Waals surface area contributed by atoms with Crippen LogP contribution in [0.4, 0.5) is 13.2 Å². The second-order valence-electron chi connectivity index (χ2n) is 5.90. The fourth-order valence-electron chi connectivity index (χ4n) is 2.57. The Hall–Kier alpha value is -3.62. The molecule has 1 amide bonds. The number of rotatable bonds is 4. The van der Waals surface area contributed by atoms with Crippen molar-refractivity contribution in [1.82, 2.24) is 14.9 Å². The Balaban J connectivity index is 1.89. The zero-order valence-corrected chi connectivity index (χ0v) is 14.9. The summed E-state index contributed by atoms with van der Waals surface area (Å²) in [5, 5.41) is 0. The van der Waals surface area contributed by atoms with Crippen LogP contribution >= 0.6 is 0 Å². The van der Waals surface area contributed by atoms with Crippen molar-refractivity contribution in [1.29, 1.82) is 0 Å². The minimum Gasteiger partial charge on any atom is -0.491 e. The number of carbonyl (C=O) groups excluding carboxylic acids is 1. The molecule has 1 aromatic heterocycles. The molecule has 3 aromatic rings. The van der Waals surface area contributed by atoms with Gasteiger partial charge in [0.2, 0.25) is 0 Å². The zero-order chi connectivity index (χ0) is 27.3. The number of aromatic nitrogens is 2. The lowest BCUT2D eigenvalue weighted by molar-refractivity contribution is -0.274. The van der Waals surface area contributed by atoms with Gasteiger partial charge in [-0.05, 0) is 41.4 Å². The predicted octanol–water partition coefficient (Wildman–Crippen LogP) is 4.08. The highest BCUT2D eigenvalue weighted by molar-refractivity contribution is 5.98. The van der Waals surface area contributed by atoms with Crippen LogP contribution in [0.1, 0.15) is 25.8 Å². The summed E-state index contributed by atoms with van der Waals surface area (Å²) in [6.07, 6.45) is -2.30. The Labute approximate surface area is 179 Å². The number of halogens is 3. The Kier molecular flexibility index (Phi) is 3.43. The van der Waals surface area contributed by atoms with Gasteiger partial charge in [0.15, 0.2) is 0 Å². The number of nitrogens with zero attached hydrogens (tertiary/aromatic N) is 3. The number of benzene rings is 2. The normalized spacial score (nSPS) is 20.7. The van der Waals surface area contributed by atoms with Gasteiger partial charge in [0.05, 0.1) is 28.2 Å². The summed E-state index contributed by atoms with van der Waals surface area (Å²) in [6.45, 7) is -6.99. The highest BCUT2D eigenvalue weighted by Gasteiger charge is 2.31. The van der Waals surface area contributed by atoms with E-state index in [9.17, 15) is 18.0 Å². The number of carbonyl (C=O) groups is 1. The Morgan fingerprint density at radius 1 is 1.17 bits per heavy atom. The quantitative estimate of drug-likeness (QED) is 0.634. The van der Waals surface area contributed by atoms with Crippen molar-refractivity contribution < 1.29 is 37.0 Å². The van der Waals surface area contributed by atoms with Crippen LogP contribution in [0.5, 0.6) is 11.5 Å². The molecular formula is C21H16F3N3O3. The van der Waals surface area contributed by atoms with E-state index in [1.54, 1.807) is 0 Å². The summed E-state index contributed by atoms with van der Waals surface area (Å²) in [6, 6.07) is 3.29. The van der Waals surface area contributed by atoms with Crippen LogP contribution in [0.15, 0.2) is 60.9 Å². The number of amides is 1. The summed E-state index contributed by atoms with van der Waals surface area (Å²) in [5.41, 5.74) is -1.05. The third-order valence-electron chi connectivity index (χ3n) is 3.87. The largest absolute Gasteiger partial charge is 0.573 e. The van der Waals surface area contributed by atoms with Crippen molar-refractivity contribution in [2.75, 3.05) is 13.1 Å². The van der Waals surface area contributed by atoms with Crippen LogP contribution in [0.2, 0.25) is 0 Å². The molecule has 0 bridgehead atoms. The Bertz CT molecular complexity index is 1360. The summed E-state index contributed by atoms with van der Waals surface area (Å²) in [5.74, 6) is -2.67. The van der Waals surface area contributed by atoms with E-state index < -0.39 is 67.1 Å².